The van der Waals surface area contributed by atoms with Crippen LogP contribution in [0.4, 0.5) is 0 Å². The van der Waals surface area contributed by atoms with E-state index in [9.17, 15) is 9.59 Å². The summed E-state index contributed by atoms with van der Waals surface area (Å²) >= 11 is 0. The van der Waals surface area contributed by atoms with Gasteiger partial charge < -0.3 is 14.3 Å². The van der Waals surface area contributed by atoms with Gasteiger partial charge in [0.05, 0.1) is 13.1 Å². The molecule has 0 aliphatic carbocycles. The van der Waals surface area contributed by atoms with Crippen molar-refractivity contribution >= 4 is 24.7 Å². The average Bonchev–Trinajstić information content (AvgIpc) is 2.74. The van der Waals surface area contributed by atoms with Crippen LogP contribution in [0.1, 0.15) is 0 Å². The summed E-state index contributed by atoms with van der Waals surface area (Å²) in [6, 6.07) is 3.54. The summed E-state index contributed by atoms with van der Waals surface area (Å²) < 4.78 is 12.1. The van der Waals surface area contributed by atoms with Crippen LogP contribution in [0.2, 0.25) is 0 Å². The van der Waals surface area contributed by atoms with Crippen LogP contribution < -0.4 is 10.6 Å². The highest BCUT2D eigenvalue weighted by atomic mass is 16.6. The van der Waals surface area contributed by atoms with Crippen LogP contribution in [-0.2, 0) is 18.9 Å². The molecule has 19 heavy (non-hydrogen) atoms. The van der Waals surface area contributed by atoms with Gasteiger partial charge in [-0.3, -0.25) is 19.2 Å². The maximum Gasteiger partial charge on any atom is 0.656 e. The van der Waals surface area contributed by atoms with Crippen LogP contribution in [0.3, 0.4) is 0 Å². The van der Waals surface area contributed by atoms with Gasteiger partial charge in [0.1, 0.15) is 5.59 Å². The van der Waals surface area contributed by atoms with Crippen molar-refractivity contribution in [2.24, 2.45) is 0 Å². The lowest BCUT2D eigenvalue weighted by molar-refractivity contribution is -0.145. The Labute approximate surface area is 111 Å². The van der Waals surface area contributed by atoms with Crippen molar-refractivity contribution in [2.45, 2.75) is 0 Å². The van der Waals surface area contributed by atoms with Gasteiger partial charge in [-0.05, 0) is 19.2 Å². The molecule has 0 saturated carbocycles. The first-order valence-electron chi connectivity index (χ1n) is 5.89. The molecule has 0 N–H and O–H groups in total. The number of rotatable bonds is 2. The zero-order valence-electron chi connectivity index (χ0n) is 11.2. The van der Waals surface area contributed by atoms with Gasteiger partial charge in [-0.15, -0.1) is 0 Å². The topological polar surface area (TPSA) is 64.0 Å². The fraction of sp³-hybridized carbons (Fsp3) is 0.455. The van der Waals surface area contributed by atoms with E-state index in [4.69, 9.17) is 9.31 Å². The van der Waals surface area contributed by atoms with Crippen LogP contribution in [0.25, 0.3) is 0 Å². The van der Waals surface area contributed by atoms with E-state index in [2.05, 4.69) is 0 Å². The zero-order valence-corrected chi connectivity index (χ0v) is 11.2. The van der Waals surface area contributed by atoms with Crippen LogP contribution in [0.15, 0.2) is 18.3 Å². The Morgan fingerprint density at radius 2 is 1.79 bits per heavy atom. The molecule has 0 amide bonds. The van der Waals surface area contributed by atoms with Crippen LogP contribution in [0, 0.1) is 0 Å². The Kier molecular flexibility index (Phi) is 3.80. The highest BCUT2D eigenvalue weighted by Crippen LogP contribution is 2.02. The molecule has 1 fully saturated rings. The van der Waals surface area contributed by atoms with Gasteiger partial charge in [-0.2, -0.15) is 0 Å². The summed E-state index contributed by atoms with van der Waals surface area (Å²) in [5, 5.41) is 1.79. The van der Waals surface area contributed by atoms with Crippen molar-refractivity contribution in [3.05, 3.63) is 18.3 Å². The summed E-state index contributed by atoms with van der Waals surface area (Å²) in [6.07, 6.45) is 1.79. The summed E-state index contributed by atoms with van der Waals surface area (Å²) in [5.74, 6) is -0.849. The fourth-order valence-electron chi connectivity index (χ4n) is 1.89. The second kappa shape index (κ2) is 5.35. The van der Waals surface area contributed by atoms with Crippen LogP contribution in [0.5, 0.6) is 0 Å². The third-order valence-electron chi connectivity index (χ3n) is 2.71. The summed E-state index contributed by atoms with van der Waals surface area (Å²) in [7, 11) is 4.32. The lowest BCUT2D eigenvalue weighted by Gasteiger charge is -2.24. The third-order valence-corrected chi connectivity index (χ3v) is 2.71. The smallest absolute Gasteiger partial charge is 0.493 e. The van der Waals surface area contributed by atoms with Crippen molar-refractivity contribution in [1.29, 1.82) is 0 Å². The molecule has 0 atom stereocenters. The number of likely N-dealkylation sites (N-methyl/N-ethyl adjacent to an activating group) is 1. The first kappa shape index (κ1) is 13.5. The summed E-state index contributed by atoms with van der Waals surface area (Å²) in [5.41, 5.74) is 0.594. The van der Waals surface area contributed by atoms with Gasteiger partial charge in [0.2, 0.25) is 0 Å². The van der Waals surface area contributed by atoms with Crippen molar-refractivity contribution in [3.63, 3.8) is 0 Å². The van der Waals surface area contributed by atoms with E-state index >= 15 is 0 Å². The number of carbonyl (C=O) groups is 2. The highest BCUT2D eigenvalue weighted by molar-refractivity contribution is 6.63. The standard InChI is InChI=1S/C11H16BN3O4/c1-13(2)15-6-4-5-9(15)12-18-10(16)7-14(3)8-11(17)19-12/h4-6H,7-8H2,1-3H3. The summed E-state index contributed by atoms with van der Waals surface area (Å²) in [6.45, 7) is 0.128. The van der Waals surface area contributed by atoms with E-state index in [-0.39, 0.29) is 13.1 Å². The van der Waals surface area contributed by atoms with E-state index < -0.39 is 19.1 Å². The molecule has 0 radical (unpaired) electrons. The molecule has 1 aromatic rings. The molecular formula is C11H16BN3O4. The van der Waals surface area contributed by atoms with Crippen molar-refractivity contribution in [1.82, 2.24) is 9.58 Å². The molecule has 2 rings (SSSR count). The minimum Gasteiger partial charge on any atom is -0.493 e. The molecule has 2 heterocycles. The van der Waals surface area contributed by atoms with Gasteiger partial charge in [-0.25, -0.2) is 0 Å². The molecule has 0 spiro atoms. The maximum atomic E-state index is 11.7. The second-order valence-corrected chi connectivity index (χ2v) is 4.61. The van der Waals surface area contributed by atoms with E-state index in [1.54, 1.807) is 40.0 Å². The molecule has 7 nitrogen and oxygen atoms in total. The van der Waals surface area contributed by atoms with Gasteiger partial charge in [0.15, 0.2) is 0 Å². The van der Waals surface area contributed by atoms with Crippen molar-refractivity contribution < 1.29 is 18.9 Å². The number of hydrogen-bond donors (Lipinski definition) is 0. The normalized spacial score (nSPS) is 17.5. The number of aromatic nitrogens is 1. The first-order valence-corrected chi connectivity index (χ1v) is 5.89. The molecule has 1 aromatic heterocycles. The molecule has 0 aromatic carbocycles. The average molecular weight is 265 g/mol. The molecular weight excluding hydrogens is 249 g/mol. The molecule has 1 aliphatic heterocycles. The van der Waals surface area contributed by atoms with Crippen molar-refractivity contribution in [2.75, 3.05) is 39.2 Å². The van der Waals surface area contributed by atoms with E-state index in [1.807, 2.05) is 14.1 Å². The molecule has 0 bridgehead atoms. The van der Waals surface area contributed by atoms with Gasteiger partial charge >= 0.3 is 19.1 Å². The molecule has 8 heteroatoms. The predicted molar refractivity (Wildman–Crippen MR) is 69.6 cm³/mol. The number of carbonyl (C=O) groups excluding carboxylic acids is 2. The predicted octanol–water partition coefficient (Wildman–Crippen LogP) is -1.59. The lowest BCUT2D eigenvalue weighted by Crippen LogP contribution is -2.52. The number of nitrogens with zero attached hydrogens (tertiary/aromatic N) is 3. The third kappa shape index (κ3) is 3.08. The Balaban J connectivity index is 2.24. The largest absolute Gasteiger partial charge is 0.656 e. The van der Waals surface area contributed by atoms with Crippen molar-refractivity contribution in [3.8, 4) is 0 Å². The molecule has 102 valence electrons. The van der Waals surface area contributed by atoms with Crippen LogP contribution in [-0.4, -0.2) is 62.9 Å². The summed E-state index contributed by atoms with van der Waals surface area (Å²) in [4.78, 5) is 24.9. The van der Waals surface area contributed by atoms with Gasteiger partial charge in [0.25, 0.3) is 0 Å². The first-order chi connectivity index (χ1) is 8.97. The Morgan fingerprint density at radius 1 is 1.21 bits per heavy atom. The minimum atomic E-state index is -1.01. The fourth-order valence-corrected chi connectivity index (χ4v) is 1.89. The van der Waals surface area contributed by atoms with E-state index in [0.29, 0.717) is 5.59 Å². The lowest BCUT2D eigenvalue weighted by atomic mass is 9.84. The minimum absolute atomic E-state index is 0.0638. The Bertz CT molecular complexity index is 468. The highest BCUT2D eigenvalue weighted by Gasteiger charge is 2.36. The molecule has 1 saturated heterocycles. The molecule has 1 aliphatic rings. The monoisotopic (exact) mass is 265 g/mol. The quantitative estimate of drug-likeness (QED) is 0.601. The maximum absolute atomic E-state index is 11.7. The van der Waals surface area contributed by atoms with Crippen LogP contribution >= 0.6 is 0 Å². The van der Waals surface area contributed by atoms with E-state index in [0.717, 1.165) is 0 Å². The SMILES string of the molecule is CN1CC(=O)OB(c2cccn2N(C)C)OC(=O)C1. The second-order valence-electron chi connectivity index (χ2n) is 4.61. The van der Waals surface area contributed by atoms with E-state index in [1.165, 1.54) is 0 Å². The van der Waals surface area contributed by atoms with Gasteiger partial charge in [0, 0.05) is 20.3 Å². The molecule has 0 unspecified atom stereocenters. The van der Waals surface area contributed by atoms with Gasteiger partial charge in [-0.1, -0.05) is 0 Å². The zero-order chi connectivity index (χ0) is 14.0. The Morgan fingerprint density at radius 3 is 2.32 bits per heavy atom. The Hall–Kier alpha value is -1.96. The number of hydrogen-bond acceptors (Lipinski definition) is 6.